The number of likely N-dealkylation sites (N-methyl/N-ethyl adjacent to an activating group) is 1. The highest BCUT2D eigenvalue weighted by molar-refractivity contribution is 6.05. The Labute approximate surface area is 185 Å². The summed E-state index contributed by atoms with van der Waals surface area (Å²) in [6, 6.07) is 15.0. The average Bonchev–Trinajstić information content (AvgIpc) is 2.77. The normalized spacial score (nSPS) is 14.3. The van der Waals surface area contributed by atoms with Crippen molar-refractivity contribution in [1.29, 1.82) is 0 Å². The van der Waals surface area contributed by atoms with Gasteiger partial charge in [-0.3, -0.25) is 9.59 Å². The van der Waals surface area contributed by atoms with Gasteiger partial charge in [-0.1, -0.05) is 18.2 Å². The van der Waals surface area contributed by atoms with E-state index in [4.69, 9.17) is 4.74 Å². The van der Waals surface area contributed by atoms with Crippen molar-refractivity contribution in [2.24, 2.45) is 0 Å². The fraction of sp³-hybridized carbons (Fsp3) is 0.440. The Hall–Kier alpha value is -2.86. The van der Waals surface area contributed by atoms with Crippen molar-refractivity contribution in [3.05, 3.63) is 59.7 Å². The van der Waals surface area contributed by atoms with Gasteiger partial charge in [0.15, 0.2) is 0 Å². The Bertz CT molecular complexity index is 859. The van der Waals surface area contributed by atoms with Crippen LogP contribution in [0.15, 0.2) is 48.5 Å². The number of hydrogen-bond donors (Lipinski definition) is 1. The molecular weight excluding hydrogens is 390 g/mol. The van der Waals surface area contributed by atoms with E-state index in [2.05, 4.69) is 17.3 Å². The molecule has 0 unspecified atom stereocenters. The fourth-order valence-electron chi connectivity index (χ4n) is 3.62. The van der Waals surface area contributed by atoms with Crippen LogP contribution in [-0.2, 0) is 4.79 Å². The van der Waals surface area contributed by atoms with Crippen molar-refractivity contribution < 1.29 is 14.3 Å². The van der Waals surface area contributed by atoms with Crippen molar-refractivity contribution in [2.75, 3.05) is 45.2 Å². The lowest BCUT2D eigenvalue weighted by Gasteiger charge is -2.32. The molecule has 0 spiro atoms. The molecule has 2 aromatic rings. The Morgan fingerprint density at radius 1 is 0.935 bits per heavy atom. The van der Waals surface area contributed by atoms with Crippen LogP contribution in [0.4, 0.5) is 5.69 Å². The number of piperazine rings is 1. The lowest BCUT2D eigenvalue weighted by Crippen LogP contribution is -2.47. The first-order chi connectivity index (χ1) is 15.0. The molecule has 1 heterocycles. The predicted molar refractivity (Wildman–Crippen MR) is 124 cm³/mol. The second-order valence-electron chi connectivity index (χ2n) is 8.14. The minimum atomic E-state index is -0.113. The first kappa shape index (κ1) is 22.8. The molecule has 31 heavy (non-hydrogen) atoms. The summed E-state index contributed by atoms with van der Waals surface area (Å²) in [5.74, 6) is 0.942. The van der Waals surface area contributed by atoms with Crippen molar-refractivity contribution in [1.82, 2.24) is 9.80 Å². The number of benzene rings is 2. The smallest absolute Gasteiger partial charge is 0.255 e. The van der Waals surface area contributed by atoms with Crippen LogP contribution >= 0.6 is 0 Å². The zero-order chi connectivity index (χ0) is 22.1. The fourth-order valence-corrected chi connectivity index (χ4v) is 3.62. The summed E-state index contributed by atoms with van der Waals surface area (Å²) in [5.41, 5.74) is 2.36. The zero-order valence-corrected chi connectivity index (χ0v) is 18.6. The molecule has 0 atom stereocenters. The Balaban J connectivity index is 1.31. The van der Waals surface area contributed by atoms with Crippen LogP contribution in [0.5, 0.6) is 5.75 Å². The third-order valence-corrected chi connectivity index (χ3v) is 5.66. The molecule has 1 aliphatic rings. The van der Waals surface area contributed by atoms with E-state index in [1.54, 1.807) is 0 Å². The minimum Gasteiger partial charge on any atom is -0.494 e. The van der Waals surface area contributed by atoms with Gasteiger partial charge in [0, 0.05) is 43.9 Å². The average molecular weight is 424 g/mol. The summed E-state index contributed by atoms with van der Waals surface area (Å²) < 4.78 is 5.79. The number of hydrogen-bond acceptors (Lipinski definition) is 4. The van der Waals surface area contributed by atoms with E-state index in [-0.39, 0.29) is 11.8 Å². The van der Waals surface area contributed by atoms with Crippen LogP contribution in [0.25, 0.3) is 0 Å². The van der Waals surface area contributed by atoms with Gasteiger partial charge in [0.05, 0.1) is 6.61 Å². The highest BCUT2D eigenvalue weighted by atomic mass is 16.5. The van der Waals surface area contributed by atoms with Gasteiger partial charge >= 0.3 is 0 Å². The van der Waals surface area contributed by atoms with Crippen LogP contribution in [0.3, 0.4) is 0 Å². The van der Waals surface area contributed by atoms with E-state index in [0.717, 1.165) is 62.4 Å². The maximum absolute atomic E-state index is 12.4. The highest BCUT2D eigenvalue weighted by Crippen LogP contribution is 2.18. The summed E-state index contributed by atoms with van der Waals surface area (Å²) in [6.07, 6.45) is 3.42. The first-order valence-corrected chi connectivity index (χ1v) is 11.1. The lowest BCUT2D eigenvalue weighted by atomic mass is 10.1. The third kappa shape index (κ3) is 7.10. The second kappa shape index (κ2) is 11.5. The van der Waals surface area contributed by atoms with Crippen LogP contribution in [0.1, 0.15) is 41.6 Å². The van der Waals surface area contributed by atoms with E-state index in [1.807, 2.05) is 60.4 Å². The number of nitrogens with one attached hydrogen (secondary N) is 1. The van der Waals surface area contributed by atoms with Gasteiger partial charge in [-0.05, 0) is 69.1 Å². The molecular formula is C25H33N3O3. The van der Waals surface area contributed by atoms with Crippen molar-refractivity contribution in [3.8, 4) is 5.75 Å². The lowest BCUT2D eigenvalue weighted by molar-refractivity contribution is -0.132. The van der Waals surface area contributed by atoms with Crippen molar-refractivity contribution >= 4 is 17.5 Å². The number of carbonyl (C=O) groups is 2. The molecule has 6 nitrogen and oxygen atoms in total. The van der Waals surface area contributed by atoms with Gasteiger partial charge in [0.25, 0.3) is 5.91 Å². The van der Waals surface area contributed by atoms with E-state index in [9.17, 15) is 9.59 Å². The predicted octanol–water partition coefficient (Wildman–Crippen LogP) is 3.96. The number of ether oxygens (including phenoxy) is 1. The standard InChI is InChI=1S/C25H33N3O3/c1-20-8-5-6-9-23(20)25(30)26-21-11-13-22(14-12-21)31-19-7-3-4-10-24(29)28-17-15-27(2)16-18-28/h5-6,8-9,11-14H,3-4,7,10,15-19H2,1-2H3,(H,26,30). The summed E-state index contributed by atoms with van der Waals surface area (Å²) in [4.78, 5) is 28.8. The molecule has 1 aliphatic heterocycles. The molecule has 6 heteroatoms. The number of unbranched alkanes of at least 4 members (excludes halogenated alkanes) is 2. The zero-order valence-electron chi connectivity index (χ0n) is 18.6. The number of aryl methyl sites for hydroxylation is 1. The van der Waals surface area contributed by atoms with Gasteiger partial charge in [0.2, 0.25) is 5.91 Å². The molecule has 0 aromatic heterocycles. The molecule has 2 aromatic carbocycles. The van der Waals surface area contributed by atoms with Crippen LogP contribution in [-0.4, -0.2) is 61.4 Å². The number of carbonyl (C=O) groups excluding carboxylic acids is 2. The third-order valence-electron chi connectivity index (χ3n) is 5.66. The Morgan fingerprint density at radius 2 is 1.65 bits per heavy atom. The summed E-state index contributed by atoms with van der Waals surface area (Å²) in [7, 11) is 2.09. The summed E-state index contributed by atoms with van der Waals surface area (Å²) in [5, 5.41) is 2.92. The van der Waals surface area contributed by atoms with Gasteiger partial charge in [-0.25, -0.2) is 0 Å². The number of anilines is 1. The van der Waals surface area contributed by atoms with E-state index >= 15 is 0 Å². The van der Waals surface area contributed by atoms with Gasteiger partial charge in [-0.15, -0.1) is 0 Å². The molecule has 2 amide bonds. The van der Waals surface area contributed by atoms with Gasteiger partial charge in [0.1, 0.15) is 5.75 Å². The summed E-state index contributed by atoms with van der Waals surface area (Å²) in [6.45, 7) is 6.17. The monoisotopic (exact) mass is 423 g/mol. The van der Waals surface area contributed by atoms with Crippen molar-refractivity contribution in [3.63, 3.8) is 0 Å². The maximum atomic E-state index is 12.4. The highest BCUT2D eigenvalue weighted by Gasteiger charge is 2.18. The SMILES string of the molecule is Cc1ccccc1C(=O)Nc1ccc(OCCCCCC(=O)N2CCN(C)CC2)cc1. The number of amides is 2. The molecule has 0 saturated carbocycles. The van der Waals surface area contributed by atoms with Gasteiger partial charge < -0.3 is 19.9 Å². The molecule has 0 radical (unpaired) electrons. The topological polar surface area (TPSA) is 61.9 Å². The van der Waals surface area contributed by atoms with Crippen LogP contribution < -0.4 is 10.1 Å². The van der Waals surface area contributed by atoms with Gasteiger partial charge in [-0.2, -0.15) is 0 Å². The van der Waals surface area contributed by atoms with E-state index in [0.29, 0.717) is 18.6 Å². The number of rotatable bonds is 9. The maximum Gasteiger partial charge on any atom is 0.255 e. The molecule has 3 rings (SSSR count). The largest absolute Gasteiger partial charge is 0.494 e. The molecule has 0 aliphatic carbocycles. The Kier molecular flexibility index (Phi) is 8.47. The first-order valence-electron chi connectivity index (χ1n) is 11.1. The second-order valence-corrected chi connectivity index (χ2v) is 8.14. The molecule has 1 fully saturated rings. The Morgan fingerprint density at radius 3 is 2.35 bits per heavy atom. The van der Waals surface area contributed by atoms with E-state index < -0.39 is 0 Å². The van der Waals surface area contributed by atoms with Crippen LogP contribution in [0, 0.1) is 6.92 Å². The molecule has 166 valence electrons. The summed E-state index contributed by atoms with van der Waals surface area (Å²) >= 11 is 0. The van der Waals surface area contributed by atoms with E-state index in [1.165, 1.54) is 0 Å². The van der Waals surface area contributed by atoms with Crippen molar-refractivity contribution in [2.45, 2.75) is 32.6 Å². The molecule has 1 saturated heterocycles. The minimum absolute atomic E-state index is 0.113. The quantitative estimate of drug-likeness (QED) is 0.620. The molecule has 1 N–H and O–H groups in total. The number of nitrogens with zero attached hydrogens (tertiary/aromatic N) is 2. The molecule has 0 bridgehead atoms. The van der Waals surface area contributed by atoms with Crippen LogP contribution in [0.2, 0.25) is 0 Å².